The Kier molecular flexibility index (Phi) is 13.2. The predicted molar refractivity (Wildman–Crippen MR) is 131 cm³/mol. The summed E-state index contributed by atoms with van der Waals surface area (Å²) < 4.78 is 5.36. The number of amides is 1. The van der Waals surface area contributed by atoms with Gasteiger partial charge in [-0.1, -0.05) is 91.5 Å². The number of unbranched alkanes of at least 4 members (excludes halogenated alkanes) is 9. The Labute approximate surface area is 198 Å². The van der Waals surface area contributed by atoms with Gasteiger partial charge in [-0.3, -0.25) is 9.59 Å². The number of alkyl halides is 1. The molecular formula is C26H40ClNO4. The summed E-state index contributed by atoms with van der Waals surface area (Å²) in [6, 6.07) is 6.46. The number of rotatable bonds is 15. The van der Waals surface area contributed by atoms with Gasteiger partial charge in [0.2, 0.25) is 5.91 Å². The minimum Gasteiger partial charge on any atom is -0.462 e. The molecule has 1 aromatic carbocycles. The molecular weight excluding hydrogens is 426 g/mol. The summed E-state index contributed by atoms with van der Waals surface area (Å²) >= 11 is 6.02. The van der Waals surface area contributed by atoms with Gasteiger partial charge in [0.25, 0.3) is 0 Å². The molecule has 0 heterocycles. The van der Waals surface area contributed by atoms with Gasteiger partial charge in [0, 0.05) is 11.1 Å². The highest BCUT2D eigenvalue weighted by atomic mass is 35.5. The maximum absolute atomic E-state index is 12.3. The molecule has 32 heavy (non-hydrogen) atoms. The summed E-state index contributed by atoms with van der Waals surface area (Å²) in [5.41, 5.74) is 0.0308. The highest BCUT2D eigenvalue weighted by Gasteiger charge is 2.33. The number of hydrogen-bond acceptors (Lipinski definition) is 4. The fourth-order valence-corrected chi connectivity index (χ4v) is 3.65. The molecule has 5 nitrogen and oxygen atoms in total. The van der Waals surface area contributed by atoms with E-state index in [0.717, 1.165) is 12.8 Å². The Hall–Kier alpha value is -1.88. The maximum atomic E-state index is 12.3. The molecule has 0 aliphatic rings. The van der Waals surface area contributed by atoms with Gasteiger partial charge in [0.15, 0.2) is 11.2 Å². The fraction of sp³-hybridized carbons (Fsp3) is 0.654. The summed E-state index contributed by atoms with van der Waals surface area (Å²) in [6.45, 7) is 7.75. The number of ether oxygens (including phenoxy) is 1. The Morgan fingerprint density at radius 2 is 1.50 bits per heavy atom. The Balaban J connectivity index is 2.33. The van der Waals surface area contributed by atoms with E-state index in [1.54, 1.807) is 39.0 Å². The number of carbonyl (C=O) groups is 3. The van der Waals surface area contributed by atoms with Crippen LogP contribution in [-0.4, -0.2) is 29.6 Å². The van der Waals surface area contributed by atoms with Crippen molar-refractivity contribution in [2.75, 3.05) is 11.9 Å². The molecule has 0 radical (unpaired) electrons. The van der Waals surface area contributed by atoms with Crippen LogP contribution in [0.3, 0.4) is 0 Å². The average molecular weight is 466 g/mol. The number of esters is 1. The first kappa shape index (κ1) is 28.2. The molecule has 1 unspecified atom stereocenters. The van der Waals surface area contributed by atoms with Crippen molar-refractivity contribution in [3.8, 4) is 0 Å². The number of ketones is 1. The molecule has 1 rings (SSSR count). The van der Waals surface area contributed by atoms with Crippen LogP contribution < -0.4 is 5.32 Å². The zero-order chi connectivity index (χ0) is 24.0. The lowest BCUT2D eigenvalue weighted by atomic mass is 9.88. The second-order valence-corrected chi connectivity index (χ2v) is 9.80. The molecule has 0 saturated heterocycles. The van der Waals surface area contributed by atoms with E-state index < -0.39 is 22.7 Å². The largest absolute Gasteiger partial charge is 0.462 e. The molecule has 180 valence electrons. The molecule has 0 aliphatic heterocycles. The van der Waals surface area contributed by atoms with Crippen molar-refractivity contribution in [3.63, 3.8) is 0 Å². The number of hydrogen-bond donors (Lipinski definition) is 1. The van der Waals surface area contributed by atoms with Crippen LogP contribution in [0, 0.1) is 5.41 Å². The van der Waals surface area contributed by atoms with Crippen LogP contribution >= 0.6 is 11.6 Å². The summed E-state index contributed by atoms with van der Waals surface area (Å²) in [5, 5.41) is 1.31. The zero-order valence-electron chi connectivity index (χ0n) is 20.2. The van der Waals surface area contributed by atoms with Gasteiger partial charge in [-0.2, -0.15) is 0 Å². The first-order chi connectivity index (χ1) is 15.2. The predicted octanol–water partition coefficient (Wildman–Crippen LogP) is 6.93. The van der Waals surface area contributed by atoms with Gasteiger partial charge in [0.1, 0.15) is 0 Å². The molecule has 0 fully saturated rings. The lowest BCUT2D eigenvalue weighted by Gasteiger charge is -2.20. The SMILES string of the molecule is CCCCCCCCCCCCOC(=O)c1cccc(NC(=O)C(Cl)C(=O)C(C)(C)C)c1. The fourth-order valence-electron chi connectivity index (χ4n) is 3.27. The van der Waals surface area contributed by atoms with Gasteiger partial charge in [-0.05, 0) is 24.6 Å². The molecule has 0 spiro atoms. The van der Waals surface area contributed by atoms with E-state index >= 15 is 0 Å². The number of Topliss-reactive ketones (excluding diaryl/α,β-unsaturated/α-hetero) is 1. The van der Waals surface area contributed by atoms with Gasteiger partial charge < -0.3 is 10.1 Å². The lowest BCUT2D eigenvalue weighted by Crippen LogP contribution is -2.37. The van der Waals surface area contributed by atoms with E-state index in [9.17, 15) is 14.4 Å². The number of benzene rings is 1. The average Bonchev–Trinajstić information content (AvgIpc) is 2.75. The van der Waals surface area contributed by atoms with Crippen LogP contribution in [0.4, 0.5) is 5.69 Å². The summed E-state index contributed by atoms with van der Waals surface area (Å²) in [5.74, 6) is -1.39. The second-order valence-electron chi connectivity index (χ2n) is 9.36. The van der Waals surface area contributed by atoms with Gasteiger partial charge in [-0.25, -0.2) is 4.79 Å². The van der Waals surface area contributed by atoms with Crippen LogP contribution in [0.5, 0.6) is 0 Å². The quantitative estimate of drug-likeness (QED) is 0.132. The van der Waals surface area contributed by atoms with E-state index in [-0.39, 0.29) is 5.78 Å². The normalized spacial score (nSPS) is 12.3. The van der Waals surface area contributed by atoms with Gasteiger partial charge >= 0.3 is 5.97 Å². The molecule has 6 heteroatoms. The molecule has 1 N–H and O–H groups in total. The monoisotopic (exact) mass is 465 g/mol. The first-order valence-corrected chi connectivity index (χ1v) is 12.4. The topological polar surface area (TPSA) is 72.5 Å². The Morgan fingerprint density at radius 3 is 2.06 bits per heavy atom. The van der Waals surface area contributed by atoms with Crippen molar-refractivity contribution in [1.29, 1.82) is 0 Å². The molecule has 1 aromatic rings. The maximum Gasteiger partial charge on any atom is 0.338 e. The third-order valence-electron chi connectivity index (χ3n) is 5.30. The van der Waals surface area contributed by atoms with Gasteiger partial charge in [-0.15, -0.1) is 11.6 Å². The van der Waals surface area contributed by atoms with Crippen molar-refractivity contribution in [2.24, 2.45) is 5.41 Å². The molecule has 0 bridgehead atoms. The van der Waals surface area contributed by atoms with Crippen LogP contribution in [0.2, 0.25) is 0 Å². The second kappa shape index (κ2) is 15.0. The number of anilines is 1. The van der Waals surface area contributed by atoms with E-state index in [1.165, 1.54) is 57.4 Å². The highest BCUT2D eigenvalue weighted by molar-refractivity contribution is 6.43. The molecule has 0 saturated carbocycles. The van der Waals surface area contributed by atoms with Crippen molar-refractivity contribution >= 4 is 34.9 Å². The summed E-state index contributed by atoms with van der Waals surface area (Å²) in [6.07, 6.45) is 12.2. The van der Waals surface area contributed by atoms with E-state index in [0.29, 0.717) is 17.9 Å². The smallest absolute Gasteiger partial charge is 0.338 e. The molecule has 1 amide bonds. The number of carbonyl (C=O) groups excluding carboxylic acids is 3. The van der Waals surface area contributed by atoms with E-state index in [1.807, 2.05) is 0 Å². The lowest BCUT2D eigenvalue weighted by molar-refractivity contribution is -0.130. The third kappa shape index (κ3) is 11.1. The molecule has 1 atom stereocenters. The van der Waals surface area contributed by atoms with Crippen molar-refractivity contribution in [3.05, 3.63) is 29.8 Å². The standard InChI is InChI=1S/C26H40ClNO4/c1-5-6-7-8-9-10-11-12-13-14-18-32-25(31)20-16-15-17-21(19-20)28-24(30)22(27)23(29)26(2,3)4/h15-17,19,22H,5-14,18H2,1-4H3,(H,28,30). The molecule has 0 aromatic heterocycles. The number of halogens is 1. The first-order valence-electron chi connectivity index (χ1n) is 11.9. The van der Waals surface area contributed by atoms with Crippen LogP contribution in [0.25, 0.3) is 0 Å². The van der Waals surface area contributed by atoms with Crippen molar-refractivity contribution in [2.45, 2.75) is 97.3 Å². The van der Waals surface area contributed by atoms with Crippen molar-refractivity contribution in [1.82, 2.24) is 0 Å². The minimum absolute atomic E-state index is 0.350. The number of nitrogens with one attached hydrogen (secondary N) is 1. The third-order valence-corrected chi connectivity index (χ3v) is 5.69. The Bertz CT molecular complexity index is 727. The van der Waals surface area contributed by atoms with Crippen LogP contribution in [0.15, 0.2) is 24.3 Å². The van der Waals surface area contributed by atoms with Crippen LogP contribution in [0.1, 0.15) is 102 Å². The van der Waals surface area contributed by atoms with Crippen LogP contribution in [-0.2, 0) is 14.3 Å². The summed E-state index contributed by atoms with van der Waals surface area (Å²) in [4.78, 5) is 36.8. The summed E-state index contributed by atoms with van der Waals surface area (Å²) in [7, 11) is 0. The van der Waals surface area contributed by atoms with Crippen molar-refractivity contribution < 1.29 is 19.1 Å². The van der Waals surface area contributed by atoms with Gasteiger partial charge in [0.05, 0.1) is 12.2 Å². The highest BCUT2D eigenvalue weighted by Crippen LogP contribution is 2.21. The Morgan fingerprint density at radius 1 is 0.938 bits per heavy atom. The van der Waals surface area contributed by atoms with E-state index in [2.05, 4.69) is 12.2 Å². The minimum atomic E-state index is -1.29. The molecule has 0 aliphatic carbocycles. The zero-order valence-corrected chi connectivity index (χ0v) is 20.9. The van der Waals surface area contributed by atoms with E-state index in [4.69, 9.17) is 16.3 Å².